The molecule has 2 heterocycles. The number of hydrogen-bond donors (Lipinski definition) is 1. The summed E-state index contributed by atoms with van der Waals surface area (Å²) in [7, 11) is 1.68. The molecular formula is C14H17N3O. The third-order valence-electron chi connectivity index (χ3n) is 3.43. The van der Waals surface area contributed by atoms with Gasteiger partial charge in [-0.3, -0.25) is 0 Å². The van der Waals surface area contributed by atoms with E-state index in [1.807, 2.05) is 24.4 Å². The molecule has 1 N–H and O–H groups in total. The molecule has 94 valence electrons. The first-order valence-corrected chi connectivity index (χ1v) is 6.39. The van der Waals surface area contributed by atoms with E-state index in [4.69, 9.17) is 4.74 Å². The zero-order chi connectivity index (χ0) is 12.4. The maximum absolute atomic E-state index is 5.35. The first-order chi connectivity index (χ1) is 8.86. The summed E-state index contributed by atoms with van der Waals surface area (Å²) in [6.45, 7) is 1.11. The summed E-state index contributed by atoms with van der Waals surface area (Å²) in [5.41, 5.74) is 0.906. The minimum Gasteiger partial charge on any atom is -0.494 e. The molecule has 18 heavy (non-hydrogen) atoms. The van der Waals surface area contributed by atoms with Crippen molar-refractivity contribution in [2.45, 2.75) is 25.3 Å². The predicted molar refractivity (Wildman–Crippen MR) is 70.8 cm³/mol. The molecule has 4 heteroatoms. The number of methoxy groups -OCH3 is 1. The number of fused-ring (bicyclic) bond motifs is 1. The van der Waals surface area contributed by atoms with Gasteiger partial charge in [0.15, 0.2) is 0 Å². The Bertz CT molecular complexity index is 550. The van der Waals surface area contributed by atoms with Crippen molar-refractivity contribution in [3.05, 3.63) is 30.2 Å². The highest BCUT2D eigenvalue weighted by Crippen LogP contribution is 2.23. The summed E-state index contributed by atoms with van der Waals surface area (Å²) in [4.78, 5) is 9.07. The Morgan fingerprint density at radius 2 is 2.39 bits per heavy atom. The van der Waals surface area contributed by atoms with E-state index in [-0.39, 0.29) is 0 Å². The number of ether oxygens (including phenoxy) is 1. The average Bonchev–Trinajstić information content (AvgIpc) is 2.91. The van der Waals surface area contributed by atoms with Crippen LogP contribution in [0.2, 0.25) is 0 Å². The van der Waals surface area contributed by atoms with Crippen molar-refractivity contribution in [3.63, 3.8) is 0 Å². The van der Waals surface area contributed by atoms with E-state index in [0.717, 1.165) is 35.4 Å². The molecule has 0 spiro atoms. The van der Waals surface area contributed by atoms with Crippen LogP contribution in [0, 0.1) is 0 Å². The highest BCUT2D eigenvalue weighted by Gasteiger charge is 2.16. The number of para-hydroxylation sites is 1. The zero-order valence-corrected chi connectivity index (χ0v) is 10.5. The van der Waals surface area contributed by atoms with E-state index in [2.05, 4.69) is 15.3 Å². The lowest BCUT2D eigenvalue weighted by Gasteiger charge is -2.10. The van der Waals surface area contributed by atoms with Crippen molar-refractivity contribution in [2.24, 2.45) is 0 Å². The second-order valence-corrected chi connectivity index (χ2v) is 4.68. The molecule has 1 aliphatic rings. The maximum Gasteiger partial charge on any atom is 0.145 e. The molecule has 1 atom stereocenters. The van der Waals surface area contributed by atoms with Gasteiger partial charge in [-0.2, -0.15) is 0 Å². The Morgan fingerprint density at radius 1 is 1.44 bits per heavy atom. The van der Waals surface area contributed by atoms with Crippen LogP contribution in [0.3, 0.4) is 0 Å². The molecule has 2 aromatic rings. The highest BCUT2D eigenvalue weighted by molar-refractivity contribution is 5.83. The molecule has 0 bridgehead atoms. The molecule has 0 saturated carbocycles. The average molecular weight is 243 g/mol. The Labute approximate surface area is 106 Å². The Balaban J connectivity index is 1.93. The second kappa shape index (κ2) is 4.90. The monoisotopic (exact) mass is 243 g/mol. The summed E-state index contributed by atoms with van der Waals surface area (Å²) in [6.07, 6.45) is 5.25. The maximum atomic E-state index is 5.35. The van der Waals surface area contributed by atoms with Gasteiger partial charge in [-0.15, -0.1) is 0 Å². The number of nitrogens with one attached hydrogen (secondary N) is 1. The first-order valence-electron chi connectivity index (χ1n) is 6.39. The van der Waals surface area contributed by atoms with E-state index in [9.17, 15) is 0 Å². The molecule has 1 aromatic carbocycles. The Kier molecular flexibility index (Phi) is 3.11. The van der Waals surface area contributed by atoms with Crippen LogP contribution in [0.25, 0.3) is 10.9 Å². The molecule has 0 radical (unpaired) electrons. The van der Waals surface area contributed by atoms with Gasteiger partial charge >= 0.3 is 0 Å². The quantitative estimate of drug-likeness (QED) is 0.895. The fourth-order valence-corrected chi connectivity index (χ4v) is 2.48. The van der Waals surface area contributed by atoms with E-state index in [1.165, 1.54) is 12.8 Å². The molecule has 0 aliphatic carbocycles. The van der Waals surface area contributed by atoms with Crippen LogP contribution in [-0.4, -0.2) is 29.7 Å². The fraction of sp³-hybridized carbons (Fsp3) is 0.429. The Hall–Kier alpha value is -1.68. The standard InChI is InChI=1S/C14H17N3O/c1-18-12-6-2-4-10-9-16-13(17-14(10)12)8-11-5-3-7-15-11/h2,4,6,9,11,15H,3,5,7-8H2,1H3. The van der Waals surface area contributed by atoms with Crippen molar-refractivity contribution in [3.8, 4) is 5.75 Å². The summed E-state index contributed by atoms with van der Waals surface area (Å²) in [6, 6.07) is 6.43. The normalized spacial score (nSPS) is 19.3. The molecule has 3 rings (SSSR count). The molecule has 1 aliphatic heterocycles. The second-order valence-electron chi connectivity index (χ2n) is 4.68. The summed E-state index contributed by atoms with van der Waals surface area (Å²) >= 11 is 0. The van der Waals surface area contributed by atoms with Crippen LogP contribution in [0.4, 0.5) is 0 Å². The van der Waals surface area contributed by atoms with Crippen LogP contribution in [0.5, 0.6) is 5.75 Å². The molecule has 1 unspecified atom stereocenters. The topological polar surface area (TPSA) is 47.0 Å². The van der Waals surface area contributed by atoms with Gasteiger partial charge in [-0.25, -0.2) is 9.97 Å². The van der Waals surface area contributed by atoms with Crippen molar-refractivity contribution < 1.29 is 4.74 Å². The number of nitrogens with zero attached hydrogens (tertiary/aromatic N) is 2. The van der Waals surface area contributed by atoms with Gasteiger partial charge in [0.2, 0.25) is 0 Å². The fourth-order valence-electron chi connectivity index (χ4n) is 2.48. The van der Waals surface area contributed by atoms with Crippen molar-refractivity contribution in [2.75, 3.05) is 13.7 Å². The van der Waals surface area contributed by atoms with Gasteiger partial charge in [0.05, 0.1) is 7.11 Å². The van der Waals surface area contributed by atoms with Crippen molar-refractivity contribution in [1.82, 2.24) is 15.3 Å². The minimum absolute atomic E-state index is 0.525. The minimum atomic E-state index is 0.525. The predicted octanol–water partition coefficient (Wildman–Crippen LogP) is 1.93. The van der Waals surface area contributed by atoms with Gasteiger partial charge in [0, 0.05) is 24.0 Å². The van der Waals surface area contributed by atoms with Gasteiger partial charge in [-0.1, -0.05) is 12.1 Å². The highest BCUT2D eigenvalue weighted by atomic mass is 16.5. The van der Waals surface area contributed by atoms with Gasteiger partial charge in [-0.05, 0) is 25.5 Å². The lowest BCUT2D eigenvalue weighted by atomic mass is 10.1. The molecule has 0 amide bonds. The van der Waals surface area contributed by atoms with Gasteiger partial charge < -0.3 is 10.1 Å². The summed E-state index contributed by atoms with van der Waals surface area (Å²) in [5, 5.41) is 4.50. The zero-order valence-electron chi connectivity index (χ0n) is 10.5. The number of benzene rings is 1. The molecule has 1 fully saturated rings. The summed E-state index contributed by atoms with van der Waals surface area (Å²) in [5.74, 6) is 1.71. The molecule has 4 nitrogen and oxygen atoms in total. The molecule has 1 aromatic heterocycles. The van der Waals surface area contributed by atoms with E-state index in [1.54, 1.807) is 7.11 Å². The van der Waals surface area contributed by atoms with Crippen LogP contribution < -0.4 is 10.1 Å². The third kappa shape index (κ3) is 2.16. The Morgan fingerprint density at radius 3 is 3.17 bits per heavy atom. The number of hydrogen-bond acceptors (Lipinski definition) is 4. The van der Waals surface area contributed by atoms with Crippen molar-refractivity contribution in [1.29, 1.82) is 0 Å². The SMILES string of the molecule is COc1cccc2cnc(CC3CCCN3)nc12. The molecular weight excluding hydrogens is 226 g/mol. The summed E-state index contributed by atoms with van der Waals surface area (Å²) < 4.78 is 5.35. The van der Waals surface area contributed by atoms with E-state index < -0.39 is 0 Å². The van der Waals surface area contributed by atoms with Gasteiger partial charge in [0.1, 0.15) is 17.1 Å². The largest absolute Gasteiger partial charge is 0.494 e. The van der Waals surface area contributed by atoms with Crippen LogP contribution in [0.15, 0.2) is 24.4 Å². The lowest BCUT2D eigenvalue weighted by Crippen LogP contribution is -2.24. The number of aromatic nitrogens is 2. The van der Waals surface area contributed by atoms with Crippen LogP contribution >= 0.6 is 0 Å². The van der Waals surface area contributed by atoms with Crippen LogP contribution in [0.1, 0.15) is 18.7 Å². The van der Waals surface area contributed by atoms with Gasteiger partial charge in [0.25, 0.3) is 0 Å². The van der Waals surface area contributed by atoms with E-state index >= 15 is 0 Å². The smallest absolute Gasteiger partial charge is 0.145 e. The van der Waals surface area contributed by atoms with E-state index in [0.29, 0.717) is 6.04 Å². The number of rotatable bonds is 3. The van der Waals surface area contributed by atoms with Crippen molar-refractivity contribution >= 4 is 10.9 Å². The molecule has 1 saturated heterocycles. The first kappa shape index (κ1) is 11.4. The van der Waals surface area contributed by atoms with Crippen LogP contribution in [-0.2, 0) is 6.42 Å². The third-order valence-corrected chi connectivity index (χ3v) is 3.43. The lowest BCUT2D eigenvalue weighted by molar-refractivity contribution is 0.418.